The number of fused-ring (bicyclic) bond motifs is 1. The molecule has 1 saturated carbocycles. The molecule has 1 aliphatic carbocycles. The summed E-state index contributed by atoms with van der Waals surface area (Å²) in [6, 6.07) is 14.2. The van der Waals surface area contributed by atoms with Crippen LogP contribution in [0.25, 0.3) is 10.8 Å². The number of nitrogens with one attached hydrogen (secondary N) is 2. The lowest BCUT2D eigenvalue weighted by molar-refractivity contribution is 0.0932. The van der Waals surface area contributed by atoms with Crippen LogP contribution in [0.3, 0.4) is 0 Å². The van der Waals surface area contributed by atoms with E-state index >= 15 is 0 Å². The Kier molecular flexibility index (Phi) is 5.09. The Morgan fingerprint density at radius 3 is 2.55 bits per heavy atom. The van der Waals surface area contributed by atoms with Crippen LogP contribution >= 0.6 is 0 Å². The van der Waals surface area contributed by atoms with E-state index in [1.165, 1.54) is 16.8 Å². The van der Waals surface area contributed by atoms with E-state index in [-0.39, 0.29) is 17.3 Å². The van der Waals surface area contributed by atoms with Gasteiger partial charge < -0.3 is 10.7 Å². The summed E-state index contributed by atoms with van der Waals surface area (Å²) in [6.45, 7) is 4.02. The molecular formula is C23H24FN3O2. The van der Waals surface area contributed by atoms with Gasteiger partial charge in [-0.2, -0.15) is 0 Å². The molecule has 0 bridgehead atoms. The van der Waals surface area contributed by atoms with Gasteiger partial charge in [-0.1, -0.05) is 42.5 Å². The Morgan fingerprint density at radius 1 is 1.17 bits per heavy atom. The number of hydrogen-bond acceptors (Lipinski definition) is 3. The minimum Gasteiger partial charge on any atom is -0.345 e. The van der Waals surface area contributed by atoms with Crippen molar-refractivity contribution in [3.05, 3.63) is 81.5 Å². The van der Waals surface area contributed by atoms with Crippen molar-refractivity contribution in [3.8, 4) is 0 Å². The van der Waals surface area contributed by atoms with E-state index in [4.69, 9.17) is 0 Å². The normalized spacial score (nSPS) is 14.6. The molecule has 0 saturated heterocycles. The number of halogens is 1. The fraction of sp³-hybridized carbons (Fsp3) is 0.304. The number of hydrogen-bond donors (Lipinski definition) is 2. The zero-order valence-corrected chi connectivity index (χ0v) is 16.5. The third-order valence-corrected chi connectivity index (χ3v) is 5.48. The largest absolute Gasteiger partial charge is 0.345 e. The quantitative estimate of drug-likeness (QED) is 0.668. The molecule has 5 nitrogen and oxygen atoms in total. The molecule has 1 aliphatic rings. The molecule has 1 fully saturated rings. The van der Waals surface area contributed by atoms with Crippen LogP contribution in [0.4, 0.5) is 4.39 Å². The van der Waals surface area contributed by atoms with E-state index in [1.807, 2.05) is 37.3 Å². The monoisotopic (exact) mass is 393 g/mol. The number of aromatic nitrogens is 1. The minimum atomic E-state index is -0.630. The van der Waals surface area contributed by atoms with E-state index in [1.54, 1.807) is 13.0 Å². The van der Waals surface area contributed by atoms with Gasteiger partial charge in [0.05, 0.1) is 22.7 Å². The zero-order valence-electron chi connectivity index (χ0n) is 16.5. The van der Waals surface area contributed by atoms with Crippen molar-refractivity contribution >= 4 is 16.7 Å². The molecule has 2 aromatic carbocycles. The van der Waals surface area contributed by atoms with Crippen molar-refractivity contribution < 1.29 is 9.18 Å². The molecule has 1 heterocycles. The van der Waals surface area contributed by atoms with Crippen molar-refractivity contribution in [2.45, 2.75) is 32.7 Å². The highest BCUT2D eigenvalue weighted by molar-refractivity contribution is 6.08. The maximum absolute atomic E-state index is 14.5. The highest BCUT2D eigenvalue weighted by atomic mass is 19.1. The number of benzene rings is 2. The average Bonchev–Trinajstić information content (AvgIpc) is 3.55. The summed E-state index contributed by atoms with van der Waals surface area (Å²) >= 11 is 0. The molecule has 2 N–H and O–H groups in total. The van der Waals surface area contributed by atoms with Gasteiger partial charge in [0.2, 0.25) is 0 Å². The Morgan fingerprint density at radius 2 is 1.90 bits per heavy atom. The zero-order chi connectivity index (χ0) is 20.5. The number of amides is 1. The fourth-order valence-electron chi connectivity index (χ4n) is 3.93. The highest BCUT2D eigenvalue weighted by Gasteiger charge is 2.34. The predicted molar refractivity (Wildman–Crippen MR) is 112 cm³/mol. The van der Waals surface area contributed by atoms with Crippen LogP contribution < -0.4 is 16.3 Å². The van der Waals surface area contributed by atoms with Gasteiger partial charge in [0, 0.05) is 11.9 Å². The minimum absolute atomic E-state index is 0.0770. The topological polar surface area (TPSA) is 63.1 Å². The Bertz CT molecular complexity index is 1120. The van der Waals surface area contributed by atoms with Gasteiger partial charge in [-0.15, -0.1) is 0 Å². The second-order valence-corrected chi connectivity index (χ2v) is 7.47. The summed E-state index contributed by atoms with van der Waals surface area (Å²) in [5.74, 6) is -0.537. The van der Waals surface area contributed by atoms with Crippen LogP contribution in [0.1, 0.15) is 47.4 Å². The first-order chi connectivity index (χ1) is 14.0. The van der Waals surface area contributed by atoms with E-state index in [9.17, 15) is 14.0 Å². The lowest BCUT2D eigenvalue weighted by atomic mass is 9.99. The summed E-state index contributed by atoms with van der Waals surface area (Å²) in [4.78, 5) is 26.2. The molecule has 0 radical (unpaired) electrons. The van der Waals surface area contributed by atoms with Gasteiger partial charge in [-0.05, 0) is 44.2 Å². The molecule has 29 heavy (non-hydrogen) atoms. The maximum Gasteiger partial charge on any atom is 0.279 e. The van der Waals surface area contributed by atoms with Crippen molar-refractivity contribution in [3.63, 3.8) is 0 Å². The smallest absolute Gasteiger partial charge is 0.279 e. The lowest BCUT2D eigenvalue weighted by Crippen LogP contribution is -2.36. The Labute approximate surface area is 168 Å². The van der Waals surface area contributed by atoms with Crippen LogP contribution in [0.2, 0.25) is 0 Å². The molecule has 150 valence electrons. The van der Waals surface area contributed by atoms with Crippen molar-refractivity contribution in [2.24, 2.45) is 5.92 Å². The second kappa shape index (κ2) is 7.70. The number of pyridine rings is 1. The predicted octanol–water partition coefficient (Wildman–Crippen LogP) is 3.89. The first-order valence-corrected chi connectivity index (χ1v) is 9.96. The molecule has 1 atom stereocenters. The van der Waals surface area contributed by atoms with Crippen LogP contribution in [0, 0.1) is 18.7 Å². The summed E-state index contributed by atoms with van der Waals surface area (Å²) in [5.41, 5.74) is 4.29. The third kappa shape index (κ3) is 3.50. The molecule has 4 rings (SSSR count). The van der Waals surface area contributed by atoms with Crippen molar-refractivity contribution in [2.75, 3.05) is 12.0 Å². The van der Waals surface area contributed by atoms with Gasteiger partial charge in [-0.25, -0.2) is 9.07 Å². The molecule has 6 heteroatoms. The molecular weight excluding hydrogens is 369 g/mol. The van der Waals surface area contributed by atoms with E-state index < -0.39 is 11.4 Å². The lowest BCUT2D eigenvalue weighted by Gasteiger charge is -2.22. The number of carbonyl (C=O) groups is 1. The van der Waals surface area contributed by atoms with Gasteiger partial charge in [0.1, 0.15) is 5.82 Å². The van der Waals surface area contributed by atoms with Crippen LogP contribution in [-0.2, 0) is 0 Å². The molecule has 1 unspecified atom stereocenters. The molecule has 1 amide bonds. The maximum atomic E-state index is 14.5. The van der Waals surface area contributed by atoms with Gasteiger partial charge in [0.25, 0.3) is 11.5 Å². The van der Waals surface area contributed by atoms with Crippen LogP contribution in [0.5, 0.6) is 0 Å². The van der Waals surface area contributed by atoms with Crippen molar-refractivity contribution in [1.82, 2.24) is 9.99 Å². The van der Waals surface area contributed by atoms with Crippen molar-refractivity contribution in [1.29, 1.82) is 0 Å². The summed E-state index contributed by atoms with van der Waals surface area (Å²) in [5, 5.41) is 3.41. The Hall–Kier alpha value is -3.15. The molecule has 3 aromatic rings. The van der Waals surface area contributed by atoms with E-state index in [0.29, 0.717) is 29.1 Å². The van der Waals surface area contributed by atoms with Crippen LogP contribution in [-0.4, -0.2) is 17.1 Å². The van der Waals surface area contributed by atoms with Gasteiger partial charge in [0.15, 0.2) is 0 Å². The SMILES string of the molecule is CCNn1c(C)c(C(=O)NC(c2ccccc2)C2CC2)c2cccc(F)c2c1=O. The number of carbonyl (C=O) groups excluding carboxylic acids is 1. The average molecular weight is 393 g/mol. The third-order valence-electron chi connectivity index (χ3n) is 5.48. The van der Waals surface area contributed by atoms with E-state index in [0.717, 1.165) is 18.4 Å². The van der Waals surface area contributed by atoms with Gasteiger partial charge in [-0.3, -0.25) is 9.59 Å². The molecule has 0 aliphatic heterocycles. The Balaban J connectivity index is 1.83. The summed E-state index contributed by atoms with van der Waals surface area (Å²) in [7, 11) is 0. The fourth-order valence-corrected chi connectivity index (χ4v) is 3.93. The second-order valence-electron chi connectivity index (χ2n) is 7.47. The standard InChI is InChI=1S/C23H24FN3O2/c1-3-25-27-14(2)19(17-10-7-11-18(24)20(17)23(27)29)22(28)26-21(16-12-13-16)15-8-5-4-6-9-15/h4-11,16,21,25H,3,12-13H2,1-2H3,(H,26,28). The van der Waals surface area contributed by atoms with Crippen LogP contribution in [0.15, 0.2) is 53.3 Å². The number of nitrogens with zero attached hydrogens (tertiary/aromatic N) is 1. The first kappa shape index (κ1) is 19.2. The molecule has 1 aromatic heterocycles. The first-order valence-electron chi connectivity index (χ1n) is 9.96. The summed E-state index contributed by atoms with van der Waals surface area (Å²) < 4.78 is 15.8. The van der Waals surface area contributed by atoms with E-state index in [2.05, 4.69) is 10.7 Å². The summed E-state index contributed by atoms with van der Waals surface area (Å²) in [6.07, 6.45) is 2.12. The number of rotatable bonds is 6. The molecule has 0 spiro atoms. The van der Waals surface area contributed by atoms with Gasteiger partial charge >= 0.3 is 0 Å². The highest BCUT2D eigenvalue weighted by Crippen LogP contribution is 2.41.